The Balaban J connectivity index is -0.0000000575. The van der Waals surface area contributed by atoms with E-state index in [0.717, 1.165) is 0 Å². The second-order valence-corrected chi connectivity index (χ2v) is 0.974. The molecule has 0 aliphatic rings. The molecule has 4 nitrogen and oxygen atoms in total. The molecule has 0 N–H and O–H groups in total. The zero-order chi connectivity index (χ0) is 6.28. The van der Waals surface area contributed by atoms with Crippen LogP contribution in [-0.4, -0.2) is 9.40 Å². The summed E-state index contributed by atoms with van der Waals surface area (Å²) in [6.07, 6.45) is 0. The summed E-state index contributed by atoms with van der Waals surface area (Å²) in [5.74, 6) is 0. The van der Waals surface area contributed by atoms with E-state index in [1.165, 1.54) is 0 Å². The molecular formula is CAgNO3S2. The number of rotatable bonds is 0. The first-order valence-electron chi connectivity index (χ1n) is 0.956. The maximum atomic E-state index is 8.25. The van der Waals surface area contributed by atoms with Crippen LogP contribution in [0, 0.1) is 15.3 Å². The van der Waals surface area contributed by atoms with Crippen molar-refractivity contribution in [2.24, 2.45) is 0 Å². The van der Waals surface area contributed by atoms with E-state index in [2.05, 4.69) is 24.4 Å². The molecule has 0 unspecified atom stereocenters. The summed E-state index contributed by atoms with van der Waals surface area (Å²) in [6, 6.07) is 0. The summed E-state index contributed by atoms with van der Waals surface area (Å²) >= 11 is 7.92. The van der Waals surface area contributed by atoms with Crippen LogP contribution in [0.15, 0.2) is 0 Å². The van der Waals surface area contributed by atoms with Gasteiger partial charge >= 0.3 is 22.4 Å². The summed E-state index contributed by atoms with van der Waals surface area (Å²) in [4.78, 5) is 8.25. The maximum absolute atomic E-state index is 8.25. The van der Waals surface area contributed by atoms with Crippen molar-refractivity contribution in [1.29, 1.82) is 0 Å². The largest absolute Gasteiger partial charge is 1.00 e. The Hall–Kier alpha value is 0.160. The maximum Gasteiger partial charge on any atom is 1.00 e. The molecule has 0 atom stereocenters. The van der Waals surface area contributed by atoms with Gasteiger partial charge in [0, 0.05) is 4.31 Å². The van der Waals surface area contributed by atoms with Crippen molar-refractivity contribution in [3.8, 4) is 0 Å². The Morgan fingerprint density at radius 2 is 1.38 bits per heavy atom. The molecular weight excluding hydrogens is 246 g/mol. The average Bonchev–Trinajstić information content (AvgIpc) is 1.33. The van der Waals surface area contributed by atoms with Crippen molar-refractivity contribution in [2.75, 3.05) is 0 Å². The van der Waals surface area contributed by atoms with Crippen molar-refractivity contribution in [2.45, 2.75) is 0 Å². The normalized spacial score (nSPS) is 4.00. The van der Waals surface area contributed by atoms with Gasteiger partial charge < -0.3 is 15.3 Å². The fraction of sp³-hybridized carbons (Fsp3) is 0. The molecule has 0 spiro atoms. The third-order valence-electron chi connectivity index (χ3n) is 0. The van der Waals surface area contributed by atoms with Gasteiger partial charge in [0.1, 0.15) is 0 Å². The Labute approximate surface area is 71.5 Å². The molecule has 0 heterocycles. The number of hydrogen-bond donors (Lipinski definition) is 0. The van der Waals surface area contributed by atoms with E-state index in [-0.39, 0.29) is 22.4 Å². The minimum Gasteiger partial charge on any atom is -0.356 e. The fourth-order valence-corrected chi connectivity index (χ4v) is 0. The summed E-state index contributed by atoms with van der Waals surface area (Å²) in [6.45, 7) is 0. The molecule has 0 saturated carbocycles. The molecule has 7 heteroatoms. The molecule has 0 fully saturated rings. The van der Waals surface area contributed by atoms with E-state index < -0.39 is 5.09 Å². The van der Waals surface area contributed by atoms with Gasteiger partial charge in [-0.3, -0.25) is 0 Å². The van der Waals surface area contributed by atoms with Crippen LogP contribution < -0.4 is 0 Å². The van der Waals surface area contributed by atoms with E-state index in [9.17, 15) is 0 Å². The Morgan fingerprint density at radius 1 is 1.38 bits per heavy atom. The van der Waals surface area contributed by atoms with Crippen molar-refractivity contribution in [3.05, 3.63) is 15.3 Å². The van der Waals surface area contributed by atoms with Crippen LogP contribution in [0.2, 0.25) is 0 Å². The molecule has 0 bridgehead atoms. The molecule has 0 aliphatic heterocycles. The molecule has 0 aromatic heterocycles. The van der Waals surface area contributed by atoms with Crippen molar-refractivity contribution in [3.63, 3.8) is 0 Å². The molecule has 0 saturated heterocycles. The van der Waals surface area contributed by atoms with E-state index in [0.29, 0.717) is 0 Å². The van der Waals surface area contributed by atoms with Gasteiger partial charge in [0.15, 0.2) is 0 Å². The molecule has 0 amide bonds. The third kappa shape index (κ3) is 6390. The molecule has 0 aliphatic carbocycles. The standard InChI is InChI=1S/CS2.Ag.NO3/c2-1-3;;2-1(3)4/q;+1;-1. The van der Waals surface area contributed by atoms with E-state index >= 15 is 0 Å². The number of nitrogens with zero attached hydrogens (tertiary/aromatic N) is 1. The molecule has 0 rings (SSSR count). The van der Waals surface area contributed by atoms with Gasteiger partial charge in [-0.25, -0.2) is 0 Å². The van der Waals surface area contributed by atoms with Gasteiger partial charge in [0.05, 0.1) is 5.09 Å². The quantitative estimate of drug-likeness (QED) is 0.273. The third-order valence-corrected chi connectivity index (χ3v) is 0. The molecule has 0 radical (unpaired) electrons. The van der Waals surface area contributed by atoms with Gasteiger partial charge in [-0.1, -0.05) is 0 Å². The van der Waals surface area contributed by atoms with E-state index in [1.807, 2.05) is 4.31 Å². The Morgan fingerprint density at radius 3 is 1.38 bits per heavy atom. The van der Waals surface area contributed by atoms with E-state index in [4.69, 9.17) is 15.3 Å². The second-order valence-electron chi connectivity index (χ2n) is 0.307. The van der Waals surface area contributed by atoms with Crippen LogP contribution in [0.1, 0.15) is 0 Å². The fourth-order valence-electron chi connectivity index (χ4n) is 0. The molecule has 0 aromatic carbocycles. The van der Waals surface area contributed by atoms with Crippen molar-refractivity contribution >= 4 is 28.7 Å². The summed E-state index contributed by atoms with van der Waals surface area (Å²) in [7, 11) is 0. The zero-order valence-electron chi connectivity index (χ0n) is 3.29. The zero-order valence-corrected chi connectivity index (χ0v) is 6.41. The first-order chi connectivity index (χ1) is 3.15. The Bertz CT molecular complexity index is 85.3. The van der Waals surface area contributed by atoms with Crippen LogP contribution in [0.4, 0.5) is 0 Å². The summed E-state index contributed by atoms with van der Waals surface area (Å²) in [5, 5.41) is 14.8. The molecule has 0 aromatic rings. The Kier molecular flexibility index (Phi) is 30.8. The average molecular weight is 246 g/mol. The van der Waals surface area contributed by atoms with Gasteiger partial charge in [-0.15, -0.1) is 0 Å². The van der Waals surface area contributed by atoms with Gasteiger partial charge in [-0.05, 0) is 24.4 Å². The number of thiocarbonyl (C=S) groups is 2. The monoisotopic (exact) mass is 245 g/mol. The van der Waals surface area contributed by atoms with Gasteiger partial charge in [0.25, 0.3) is 0 Å². The van der Waals surface area contributed by atoms with Crippen LogP contribution in [-0.2, 0) is 22.4 Å². The minimum atomic E-state index is -1.75. The van der Waals surface area contributed by atoms with Gasteiger partial charge in [0.2, 0.25) is 0 Å². The number of hydrogen-bond acceptors (Lipinski definition) is 5. The molecule has 50 valence electrons. The first kappa shape index (κ1) is 15.7. The summed E-state index contributed by atoms with van der Waals surface area (Å²) in [5.41, 5.74) is 0. The minimum absolute atomic E-state index is 0. The smallest absolute Gasteiger partial charge is 0.356 e. The van der Waals surface area contributed by atoms with Crippen LogP contribution in [0.25, 0.3) is 0 Å². The van der Waals surface area contributed by atoms with Crippen LogP contribution in [0.5, 0.6) is 0 Å². The molecule has 8 heavy (non-hydrogen) atoms. The van der Waals surface area contributed by atoms with Crippen molar-refractivity contribution < 1.29 is 27.5 Å². The van der Waals surface area contributed by atoms with Gasteiger partial charge in [-0.2, -0.15) is 0 Å². The van der Waals surface area contributed by atoms with E-state index in [1.54, 1.807) is 0 Å². The topological polar surface area (TPSA) is 66.2 Å². The second kappa shape index (κ2) is 15.7. The van der Waals surface area contributed by atoms with Crippen LogP contribution in [0.3, 0.4) is 0 Å². The van der Waals surface area contributed by atoms with Crippen LogP contribution >= 0.6 is 24.4 Å². The predicted octanol–water partition coefficient (Wildman–Crippen LogP) is 0.776. The SMILES string of the molecule is O=[N+]([O-])[O-].S=C=S.[Ag+]. The predicted molar refractivity (Wildman–Crippen MR) is 30.6 cm³/mol. The first-order valence-corrected chi connectivity index (χ1v) is 1.77. The summed E-state index contributed by atoms with van der Waals surface area (Å²) < 4.78 is 1.92. The van der Waals surface area contributed by atoms with Crippen molar-refractivity contribution in [1.82, 2.24) is 0 Å².